The van der Waals surface area contributed by atoms with Crippen LogP contribution in [0.2, 0.25) is 0 Å². The fraction of sp³-hybridized carbons (Fsp3) is 0.556. The summed E-state index contributed by atoms with van der Waals surface area (Å²) in [6.07, 6.45) is 0.955. The highest BCUT2D eigenvalue weighted by atomic mass is 32.1. The van der Waals surface area contributed by atoms with E-state index in [1.807, 2.05) is 12.3 Å². The van der Waals surface area contributed by atoms with Crippen LogP contribution in [0.15, 0.2) is 10.9 Å². The van der Waals surface area contributed by atoms with Crippen molar-refractivity contribution in [3.05, 3.63) is 16.6 Å². The molecule has 4 nitrogen and oxygen atoms in total. The van der Waals surface area contributed by atoms with Crippen LogP contribution in [0.4, 0.5) is 4.79 Å². The van der Waals surface area contributed by atoms with Gasteiger partial charge in [-0.3, -0.25) is 0 Å². The molecule has 0 unspecified atom stereocenters. The summed E-state index contributed by atoms with van der Waals surface area (Å²) in [7, 11) is 1.77. The molecule has 5 heteroatoms. The maximum atomic E-state index is 11.4. The van der Waals surface area contributed by atoms with E-state index in [-0.39, 0.29) is 6.03 Å². The quantitative estimate of drug-likeness (QED) is 0.827. The molecule has 2 amide bonds. The summed E-state index contributed by atoms with van der Waals surface area (Å²) < 4.78 is 0. The summed E-state index contributed by atoms with van der Waals surface area (Å²) in [5.41, 5.74) is 2.71. The lowest BCUT2D eigenvalue weighted by molar-refractivity contribution is 0.206. The normalized spacial score (nSPS) is 9.86. The van der Waals surface area contributed by atoms with Crippen LogP contribution < -0.4 is 5.32 Å². The molecule has 0 radical (unpaired) electrons. The maximum Gasteiger partial charge on any atom is 0.317 e. The maximum absolute atomic E-state index is 11.4. The minimum absolute atomic E-state index is 0.0418. The number of carbonyl (C=O) groups excluding carboxylic acids is 1. The Morgan fingerprint density at radius 1 is 1.71 bits per heavy atom. The van der Waals surface area contributed by atoms with E-state index in [2.05, 4.69) is 10.3 Å². The first kappa shape index (κ1) is 11.0. The predicted octanol–water partition coefficient (Wildman–Crippen LogP) is 1.69. The highest BCUT2D eigenvalue weighted by Gasteiger charge is 2.08. The largest absolute Gasteiger partial charge is 0.338 e. The summed E-state index contributed by atoms with van der Waals surface area (Å²) in [5.74, 6) is 0. The number of carbonyl (C=O) groups is 1. The van der Waals surface area contributed by atoms with Crippen LogP contribution in [0.3, 0.4) is 0 Å². The van der Waals surface area contributed by atoms with Gasteiger partial charge in [-0.2, -0.15) is 0 Å². The molecule has 14 heavy (non-hydrogen) atoms. The number of nitrogens with zero attached hydrogens (tertiary/aromatic N) is 2. The molecule has 78 valence electrons. The fourth-order valence-corrected chi connectivity index (χ4v) is 1.55. The SMILES string of the molecule is CCCNC(=O)N(C)Cc1cscn1. The first-order valence-corrected chi connectivity index (χ1v) is 5.54. The predicted molar refractivity (Wildman–Crippen MR) is 57.3 cm³/mol. The highest BCUT2D eigenvalue weighted by molar-refractivity contribution is 7.07. The fourth-order valence-electron chi connectivity index (χ4n) is 0.997. The molecule has 0 saturated heterocycles. The van der Waals surface area contributed by atoms with Gasteiger partial charge in [0.25, 0.3) is 0 Å². The van der Waals surface area contributed by atoms with Gasteiger partial charge in [-0.25, -0.2) is 9.78 Å². The van der Waals surface area contributed by atoms with Gasteiger partial charge in [-0.15, -0.1) is 11.3 Å². The summed E-state index contributed by atoms with van der Waals surface area (Å²) in [5, 5.41) is 4.76. The Kier molecular flexibility index (Phi) is 4.39. The third kappa shape index (κ3) is 3.33. The van der Waals surface area contributed by atoms with E-state index >= 15 is 0 Å². The number of thiazole rings is 1. The van der Waals surface area contributed by atoms with Crippen molar-refractivity contribution in [1.82, 2.24) is 15.2 Å². The van der Waals surface area contributed by atoms with Gasteiger partial charge in [0.2, 0.25) is 0 Å². The molecule has 0 bridgehead atoms. The number of hydrogen-bond acceptors (Lipinski definition) is 3. The van der Waals surface area contributed by atoms with Crippen molar-refractivity contribution >= 4 is 17.4 Å². The highest BCUT2D eigenvalue weighted by Crippen LogP contribution is 2.03. The van der Waals surface area contributed by atoms with Crippen molar-refractivity contribution in [2.75, 3.05) is 13.6 Å². The van der Waals surface area contributed by atoms with Crippen molar-refractivity contribution in [2.45, 2.75) is 19.9 Å². The molecule has 1 heterocycles. The molecule has 1 aromatic rings. The Morgan fingerprint density at radius 2 is 2.50 bits per heavy atom. The van der Waals surface area contributed by atoms with Gasteiger partial charge in [-0.05, 0) is 6.42 Å². The van der Waals surface area contributed by atoms with Gasteiger partial charge in [0, 0.05) is 19.0 Å². The topological polar surface area (TPSA) is 45.2 Å². The van der Waals surface area contributed by atoms with Crippen LogP contribution in [0, 0.1) is 0 Å². The summed E-state index contributed by atoms with van der Waals surface area (Å²) >= 11 is 1.54. The van der Waals surface area contributed by atoms with Crippen LogP contribution in [0.1, 0.15) is 19.0 Å². The number of amides is 2. The van der Waals surface area contributed by atoms with Gasteiger partial charge in [-0.1, -0.05) is 6.92 Å². The van der Waals surface area contributed by atoms with E-state index in [1.54, 1.807) is 28.8 Å². The third-order valence-corrected chi connectivity index (χ3v) is 2.39. The molecular formula is C9H15N3OS. The molecule has 0 aliphatic carbocycles. The second-order valence-electron chi connectivity index (χ2n) is 3.07. The van der Waals surface area contributed by atoms with Crippen LogP contribution in [-0.2, 0) is 6.54 Å². The Balaban J connectivity index is 2.34. The third-order valence-electron chi connectivity index (χ3n) is 1.76. The van der Waals surface area contributed by atoms with Crippen LogP contribution >= 0.6 is 11.3 Å². The van der Waals surface area contributed by atoms with Crippen molar-refractivity contribution in [3.63, 3.8) is 0 Å². The summed E-state index contributed by atoms with van der Waals surface area (Å²) in [6, 6.07) is -0.0418. The van der Waals surface area contributed by atoms with Crippen molar-refractivity contribution in [1.29, 1.82) is 0 Å². The van der Waals surface area contributed by atoms with E-state index < -0.39 is 0 Å². The number of aromatic nitrogens is 1. The number of nitrogens with one attached hydrogen (secondary N) is 1. The Bertz CT molecular complexity index is 274. The summed E-state index contributed by atoms with van der Waals surface area (Å²) in [6.45, 7) is 3.32. The Hall–Kier alpha value is -1.10. The van der Waals surface area contributed by atoms with Gasteiger partial charge < -0.3 is 10.2 Å². The molecule has 0 aliphatic rings. The second kappa shape index (κ2) is 5.59. The first-order chi connectivity index (χ1) is 6.74. The summed E-state index contributed by atoms with van der Waals surface area (Å²) in [4.78, 5) is 17.2. The van der Waals surface area contributed by atoms with E-state index in [4.69, 9.17) is 0 Å². The standard InChI is InChI=1S/C9H15N3OS/c1-3-4-10-9(13)12(2)5-8-6-14-7-11-8/h6-7H,3-5H2,1-2H3,(H,10,13). The van der Waals surface area contributed by atoms with Gasteiger partial charge in [0.15, 0.2) is 0 Å². The van der Waals surface area contributed by atoms with Crippen LogP contribution in [-0.4, -0.2) is 29.5 Å². The monoisotopic (exact) mass is 213 g/mol. The molecule has 0 saturated carbocycles. The minimum atomic E-state index is -0.0418. The minimum Gasteiger partial charge on any atom is -0.338 e. The zero-order chi connectivity index (χ0) is 10.4. The number of hydrogen-bond donors (Lipinski definition) is 1. The number of urea groups is 1. The van der Waals surface area contributed by atoms with Crippen molar-refractivity contribution < 1.29 is 4.79 Å². The lowest BCUT2D eigenvalue weighted by Gasteiger charge is -2.16. The van der Waals surface area contributed by atoms with Crippen molar-refractivity contribution in [3.8, 4) is 0 Å². The zero-order valence-corrected chi connectivity index (χ0v) is 9.30. The van der Waals surface area contributed by atoms with Gasteiger partial charge in [0.05, 0.1) is 17.7 Å². The lowest BCUT2D eigenvalue weighted by atomic mass is 10.4. The second-order valence-corrected chi connectivity index (χ2v) is 3.79. The molecule has 0 spiro atoms. The van der Waals surface area contributed by atoms with Crippen LogP contribution in [0.5, 0.6) is 0 Å². The average molecular weight is 213 g/mol. The smallest absolute Gasteiger partial charge is 0.317 e. The van der Waals surface area contributed by atoms with E-state index in [1.165, 1.54) is 0 Å². The molecule has 1 N–H and O–H groups in total. The van der Waals surface area contributed by atoms with E-state index in [9.17, 15) is 4.79 Å². The Labute approximate surface area is 88.0 Å². The molecule has 1 rings (SSSR count). The average Bonchev–Trinajstić information content (AvgIpc) is 2.66. The number of rotatable bonds is 4. The van der Waals surface area contributed by atoms with Gasteiger partial charge >= 0.3 is 6.03 Å². The van der Waals surface area contributed by atoms with E-state index in [0.717, 1.165) is 18.7 Å². The lowest BCUT2D eigenvalue weighted by Crippen LogP contribution is -2.37. The van der Waals surface area contributed by atoms with Crippen LogP contribution in [0.25, 0.3) is 0 Å². The Morgan fingerprint density at radius 3 is 3.07 bits per heavy atom. The molecular weight excluding hydrogens is 198 g/mol. The molecule has 0 atom stereocenters. The van der Waals surface area contributed by atoms with Crippen molar-refractivity contribution in [2.24, 2.45) is 0 Å². The molecule has 0 aromatic carbocycles. The van der Waals surface area contributed by atoms with E-state index in [0.29, 0.717) is 6.54 Å². The first-order valence-electron chi connectivity index (χ1n) is 4.60. The molecule has 0 aliphatic heterocycles. The molecule has 1 aromatic heterocycles. The van der Waals surface area contributed by atoms with Gasteiger partial charge in [0.1, 0.15) is 0 Å². The zero-order valence-electron chi connectivity index (χ0n) is 8.49. The molecule has 0 fully saturated rings.